The number of benzene rings is 1. The fourth-order valence-electron chi connectivity index (χ4n) is 4.78. The van der Waals surface area contributed by atoms with Crippen LogP contribution in [0.15, 0.2) is 59.5 Å². The molecule has 1 N–H and O–H groups in total. The van der Waals surface area contributed by atoms with E-state index < -0.39 is 0 Å². The summed E-state index contributed by atoms with van der Waals surface area (Å²) in [5.74, 6) is 1.33. The smallest absolute Gasteiger partial charge is 0.328 e. The van der Waals surface area contributed by atoms with Crippen molar-refractivity contribution < 1.29 is 0 Å². The average Bonchev–Trinajstić information content (AvgIpc) is 3.04. The van der Waals surface area contributed by atoms with Gasteiger partial charge >= 0.3 is 5.69 Å². The molecule has 4 aromatic rings. The Bertz CT molecular complexity index is 1330. The largest absolute Gasteiger partial charge is 0.339 e. The molecular weight excluding hydrogens is 412 g/mol. The lowest BCUT2D eigenvalue weighted by Crippen LogP contribution is -2.32. The molecule has 0 radical (unpaired) electrons. The van der Waals surface area contributed by atoms with Gasteiger partial charge in [0.05, 0.1) is 22.9 Å². The number of likely N-dealkylation sites (tertiary alicyclic amines) is 1. The number of fused-ring (bicyclic) bond motifs is 1. The van der Waals surface area contributed by atoms with Crippen LogP contribution in [0, 0.1) is 6.92 Å². The highest BCUT2D eigenvalue weighted by atomic mass is 16.1. The van der Waals surface area contributed by atoms with Crippen LogP contribution >= 0.6 is 0 Å². The monoisotopic (exact) mass is 442 g/mol. The Labute approximate surface area is 193 Å². The Balaban J connectivity index is 1.19. The zero-order valence-corrected chi connectivity index (χ0v) is 19.5. The zero-order chi connectivity index (χ0) is 22.9. The molecule has 0 amide bonds. The summed E-state index contributed by atoms with van der Waals surface area (Å²) < 4.78 is 3.43. The standard InChI is InChI=1S/C26H30N6O/c1-18-5-4-6-25(28-18)29-21-8-9-22(27-16-21)20-11-13-32(14-12-20)17-19-7-10-23-24(15-19)31(3)26(33)30(23)2/h4-10,15-16,20H,11-14,17H2,1-3H3,(H,28,29). The normalized spacial score (nSPS) is 15.2. The number of aromatic nitrogens is 4. The third kappa shape index (κ3) is 4.41. The maximum absolute atomic E-state index is 12.2. The highest BCUT2D eigenvalue weighted by molar-refractivity contribution is 5.76. The van der Waals surface area contributed by atoms with Crippen LogP contribution in [0.4, 0.5) is 11.5 Å². The molecule has 4 heterocycles. The number of aryl methyl sites for hydroxylation is 3. The van der Waals surface area contributed by atoms with Crippen LogP contribution in [0.25, 0.3) is 11.0 Å². The summed E-state index contributed by atoms with van der Waals surface area (Å²) in [6, 6.07) is 16.5. The SMILES string of the molecule is Cc1cccc(Nc2ccc(C3CCN(Cc4ccc5c(c4)n(C)c(=O)n5C)CC3)nc2)n1. The van der Waals surface area contributed by atoms with Crippen molar-refractivity contribution in [3.8, 4) is 0 Å². The van der Waals surface area contributed by atoms with Crippen molar-refractivity contribution in [2.24, 2.45) is 14.1 Å². The minimum Gasteiger partial charge on any atom is -0.339 e. The third-order valence-corrected chi connectivity index (χ3v) is 6.70. The van der Waals surface area contributed by atoms with Gasteiger partial charge in [0.25, 0.3) is 0 Å². The van der Waals surface area contributed by atoms with E-state index in [0.717, 1.165) is 66.4 Å². The Morgan fingerprint density at radius 2 is 1.79 bits per heavy atom. The third-order valence-electron chi connectivity index (χ3n) is 6.70. The van der Waals surface area contributed by atoms with E-state index in [2.05, 4.69) is 45.5 Å². The van der Waals surface area contributed by atoms with Crippen LogP contribution in [0.5, 0.6) is 0 Å². The maximum atomic E-state index is 12.2. The molecule has 170 valence electrons. The summed E-state index contributed by atoms with van der Waals surface area (Å²) in [7, 11) is 3.66. The van der Waals surface area contributed by atoms with Crippen LogP contribution in [0.2, 0.25) is 0 Å². The Hall–Kier alpha value is -3.45. The van der Waals surface area contributed by atoms with Crippen molar-refractivity contribution in [3.05, 3.63) is 82.2 Å². The summed E-state index contributed by atoms with van der Waals surface area (Å²) in [4.78, 5) is 23.9. The second kappa shape index (κ2) is 8.83. The fraction of sp³-hybridized carbons (Fsp3) is 0.346. The van der Waals surface area contributed by atoms with Crippen LogP contribution in [0.1, 0.15) is 35.7 Å². The van der Waals surface area contributed by atoms with Gasteiger partial charge in [-0.1, -0.05) is 12.1 Å². The van der Waals surface area contributed by atoms with Gasteiger partial charge in [-0.25, -0.2) is 9.78 Å². The first kappa shape index (κ1) is 21.4. The summed E-state index contributed by atoms with van der Waals surface area (Å²) in [5.41, 5.74) is 6.36. The minimum atomic E-state index is 0.0202. The molecule has 0 unspecified atom stereocenters. The van der Waals surface area contributed by atoms with Gasteiger partial charge in [-0.15, -0.1) is 0 Å². The molecule has 0 aliphatic carbocycles. The molecular formula is C26H30N6O. The summed E-state index contributed by atoms with van der Waals surface area (Å²) in [6.07, 6.45) is 4.11. The lowest BCUT2D eigenvalue weighted by molar-refractivity contribution is 0.203. The van der Waals surface area contributed by atoms with Gasteiger partial charge in [-0.2, -0.15) is 0 Å². The molecule has 7 heteroatoms. The number of piperidine rings is 1. The van der Waals surface area contributed by atoms with Gasteiger partial charge in [0.1, 0.15) is 5.82 Å². The van der Waals surface area contributed by atoms with Crippen LogP contribution < -0.4 is 11.0 Å². The number of anilines is 2. The first-order valence-corrected chi connectivity index (χ1v) is 11.5. The van der Waals surface area contributed by atoms with E-state index in [1.807, 2.05) is 45.4 Å². The lowest BCUT2D eigenvalue weighted by Gasteiger charge is -2.31. The predicted octanol–water partition coefficient (Wildman–Crippen LogP) is 4.10. The van der Waals surface area contributed by atoms with E-state index in [0.29, 0.717) is 5.92 Å². The van der Waals surface area contributed by atoms with Gasteiger partial charge in [0.15, 0.2) is 0 Å². The number of rotatable bonds is 5. The lowest BCUT2D eigenvalue weighted by atomic mass is 9.92. The van der Waals surface area contributed by atoms with E-state index >= 15 is 0 Å². The Kier molecular flexibility index (Phi) is 5.72. The zero-order valence-electron chi connectivity index (χ0n) is 19.5. The highest BCUT2D eigenvalue weighted by Crippen LogP contribution is 2.28. The fourth-order valence-corrected chi connectivity index (χ4v) is 4.78. The topological polar surface area (TPSA) is 68.0 Å². The van der Waals surface area contributed by atoms with E-state index in [-0.39, 0.29) is 5.69 Å². The van der Waals surface area contributed by atoms with Crippen molar-refractivity contribution >= 4 is 22.5 Å². The van der Waals surface area contributed by atoms with Crippen molar-refractivity contribution in [2.75, 3.05) is 18.4 Å². The average molecular weight is 443 g/mol. The van der Waals surface area contributed by atoms with Gasteiger partial charge in [0, 0.05) is 37.9 Å². The van der Waals surface area contributed by atoms with Gasteiger partial charge < -0.3 is 5.32 Å². The molecule has 0 spiro atoms. The van der Waals surface area contributed by atoms with Crippen LogP contribution in [-0.4, -0.2) is 37.1 Å². The van der Waals surface area contributed by atoms with E-state index in [1.54, 1.807) is 9.13 Å². The molecule has 0 atom stereocenters. The first-order chi connectivity index (χ1) is 16.0. The predicted molar refractivity (Wildman–Crippen MR) is 132 cm³/mol. The minimum absolute atomic E-state index is 0.0202. The number of nitrogens with zero attached hydrogens (tertiary/aromatic N) is 5. The molecule has 33 heavy (non-hydrogen) atoms. The molecule has 1 aliphatic heterocycles. The van der Waals surface area contributed by atoms with Gasteiger partial charge in [-0.3, -0.25) is 19.0 Å². The number of hydrogen-bond donors (Lipinski definition) is 1. The molecule has 1 aromatic carbocycles. The molecule has 5 rings (SSSR count). The molecule has 1 aliphatic rings. The van der Waals surface area contributed by atoms with E-state index in [9.17, 15) is 4.79 Å². The summed E-state index contributed by atoms with van der Waals surface area (Å²) in [6.45, 7) is 4.99. The number of imidazole rings is 1. The van der Waals surface area contributed by atoms with Crippen molar-refractivity contribution in [1.29, 1.82) is 0 Å². The van der Waals surface area contributed by atoms with Gasteiger partial charge in [0.2, 0.25) is 0 Å². The number of hydrogen-bond acceptors (Lipinski definition) is 5. The molecule has 3 aromatic heterocycles. The Morgan fingerprint density at radius 1 is 1.00 bits per heavy atom. The maximum Gasteiger partial charge on any atom is 0.328 e. The van der Waals surface area contributed by atoms with Crippen molar-refractivity contribution in [1.82, 2.24) is 24.0 Å². The van der Waals surface area contributed by atoms with Crippen molar-refractivity contribution in [3.63, 3.8) is 0 Å². The molecule has 1 fully saturated rings. The first-order valence-electron chi connectivity index (χ1n) is 11.5. The van der Waals surface area contributed by atoms with Crippen LogP contribution in [-0.2, 0) is 20.6 Å². The van der Waals surface area contributed by atoms with Crippen LogP contribution in [0.3, 0.4) is 0 Å². The number of nitrogens with one attached hydrogen (secondary N) is 1. The highest BCUT2D eigenvalue weighted by Gasteiger charge is 2.22. The van der Waals surface area contributed by atoms with E-state index in [4.69, 9.17) is 4.98 Å². The second-order valence-corrected chi connectivity index (χ2v) is 9.04. The molecule has 0 saturated carbocycles. The van der Waals surface area contributed by atoms with Gasteiger partial charge in [-0.05, 0) is 74.8 Å². The molecule has 1 saturated heterocycles. The summed E-state index contributed by atoms with van der Waals surface area (Å²) in [5, 5.41) is 3.33. The molecule has 7 nitrogen and oxygen atoms in total. The number of pyridine rings is 2. The van der Waals surface area contributed by atoms with E-state index in [1.165, 1.54) is 5.56 Å². The molecule has 0 bridgehead atoms. The van der Waals surface area contributed by atoms with Crippen molar-refractivity contribution in [2.45, 2.75) is 32.2 Å². The second-order valence-electron chi connectivity index (χ2n) is 9.04. The quantitative estimate of drug-likeness (QED) is 0.504. The summed E-state index contributed by atoms with van der Waals surface area (Å²) >= 11 is 0. The Morgan fingerprint density at radius 3 is 2.52 bits per heavy atom.